The lowest BCUT2D eigenvalue weighted by Crippen LogP contribution is -2.50. The van der Waals surface area contributed by atoms with Crippen LogP contribution >= 0.6 is 0 Å². The van der Waals surface area contributed by atoms with E-state index < -0.39 is 0 Å². The third kappa shape index (κ3) is 1.05. The maximum atomic E-state index is 2.52. The summed E-state index contributed by atoms with van der Waals surface area (Å²) in [6, 6.07) is 0.934. The van der Waals surface area contributed by atoms with Crippen molar-refractivity contribution in [3.05, 3.63) is 12.2 Å². The largest absolute Gasteiger partial charge is 0.328 e. The summed E-state index contributed by atoms with van der Waals surface area (Å²) in [5.74, 6) is 4.06. The van der Waals surface area contributed by atoms with E-state index in [4.69, 9.17) is 0 Å². The SMILES string of the molecule is C[N+](C)(C)C1CC2CC1C1C=CCC21. The van der Waals surface area contributed by atoms with E-state index in [2.05, 4.69) is 33.3 Å². The van der Waals surface area contributed by atoms with Gasteiger partial charge in [0.05, 0.1) is 27.2 Å². The van der Waals surface area contributed by atoms with Crippen molar-refractivity contribution in [3.8, 4) is 0 Å². The molecule has 5 unspecified atom stereocenters. The van der Waals surface area contributed by atoms with Crippen molar-refractivity contribution < 1.29 is 4.48 Å². The molecular formula is C13H22N+. The fraction of sp³-hybridized carbons (Fsp3) is 0.846. The molecule has 0 amide bonds. The summed E-state index contributed by atoms with van der Waals surface area (Å²) in [5.41, 5.74) is 0. The minimum Gasteiger partial charge on any atom is -0.328 e. The fourth-order valence-electron chi connectivity index (χ4n) is 4.40. The molecule has 3 rings (SSSR count). The van der Waals surface area contributed by atoms with Crippen molar-refractivity contribution in [2.75, 3.05) is 21.1 Å². The summed E-state index contributed by atoms with van der Waals surface area (Å²) < 4.78 is 1.18. The van der Waals surface area contributed by atoms with Crippen LogP contribution in [0, 0.1) is 23.7 Å². The first kappa shape index (κ1) is 8.96. The predicted octanol–water partition coefficient (Wildman–Crippen LogP) is 2.29. The van der Waals surface area contributed by atoms with Crippen LogP contribution in [0.15, 0.2) is 12.2 Å². The molecule has 78 valence electrons. The molecule has 14 heavy (non-hydrogen) atoms. The van der Waals surface area contributed by atoms with E-state index in [9.17, 15) is 0 Å². The Labute approximate surface area is 87.4 Å². The van der Waals surface area contributed by atoms with Crippen molar-refractivity contribution in [2.24, 2.45) is 23.7 Å². The van der Waals surface area contributed by atoms with Crippen LogP contribution < -0.4 is 0 Å². The molecule has 2 bridgehead atoms. The molecule has 0 spiro atoms. The van der Waals surface area contributed by atoms with Crippen LogP contribution in [0.4, 0.5) is 0 Å². The molecule has 0 aromatic carbocycles. The van der Waals surface area contributed by atoms with E-state index in [1.54, 1.807) is 0 Å². The first-order valence-electron chi connectivity index (χ1n) is 6.05. The van der Waals surface area contributed by atoms with Gasteiger partial charge in [0, 0.05) is 12.3 Å². The molecule has 0 heterocycles. The molecule has 0 N–H and O–H groups in total. The van der Waals surface area contributed by atoms with E-state index in [1.165, 1.54) is 23.7 Å². The molecule has 2 fully saturated rings. The zero-order chi connectivity index (χ0) is 9.92. The lowest BCUT2D eigenvalue weighted by atomic mass is 9.78. The van der Waals surface area contributed by atoms with Gasteiger partial charge >= 0.3 is 0 Å². The quantitative estimate of drug-likeness (QED) is 0.442. The predicted molar refractivity (Wildman–Crippen MR) is 58.8 cm³/mol. The summed E-state index contributed by atoms with van der Waals surface area (Å²) in [7, 11) is 7.12. The van der Waals surface area contributed by atoms with Gasteiger partial charge in [0.15, 0.2) is 0 Å². The van der Waals surface area contributed by atoms with Crippen LogP contribution in [0.5, 0.6) is 0 Å². The molecular weight excluding hydrogens is 170 g/mol. The Kier molecular flexibility index (Phi) is 1.69. The Balaban J connectivity index is 1.86. The van der Waals surface area contributed by atoms with Crippen LogP contribution in [0.1, 0.15) is 19.3 Å². The van der Waals surface area contributed by atoms with Crippen LogP contribution in [-0.2, 0) is 0 Å². The number of nitrogens with zero attached hydrogens (tertiary/aromatic N) is 1. The number of hydrogen-bond acceptors (Lipinski definition) is 0. The van der Waals surface area contributed by atoms with E-state index in [0.717, 1.165) is 29.7 Å². The lowest BCUT2D eigenvalue weighted by molar-refractivity contribution is -0.900. The highest BCUT2D eigenvalue weighted by atomic mass is 15.3. The first-order chi connectivity index (χ1) is 6.57. The fourth-order valence-corrected chi connectivity index (χ4v) is 4.40. The minimum absolute atomic E-state index is 0.934. The Morgan fingerprint density at radius 1 is 1.07 bits per heavy atom. The number of fused-ring (bicyclic) bond motifs is 5. The summed E-state index contributed by atoms with van der Waals surface area (Å²) in [6.45, 7) is 0. The molecule has 1 heteroatoms. The van der Waals surface area contributed by atoms with Gasteiger partial charge in [-0.25, -0.2) is 0 Å². The molecule has 0 aliphatic heterocycles. The zero-order valence-corrected chi connectivity index (χ0v) is 9.61. The van der Waals surface area contributed by atoms with Gasteiger partial charge < -0.3 is 4.48 Å². The third-order valence-corrected chi connectivity index (χ3v) is 4.97. The second-order valence-electron chi connectivity index (χ2n) is 6.48. The molecule has 2 saturated carbocycles. The van der Waals surface area contributed by atoms with E-state index >= 15 is 0 Å². The second-order valence-corrected chi connectivity index (χ2v) is 6.48. The van der Waals surface area contributed by atoms with Crippen molar-refractivity contribution in [1.29, 1.82) is 0 Å². The molecule has 5 atom stereocenters. The van der Waals surface area contributed by atoms with Crippen molar-refractivity contribution in [3.63, 3.8) is 0 Å². The van der Waals surface area contributed by atoms with Gasteiger partial charge in [0.25, 0.3) is 0 Å². The van der Waals surface area contributed by atoms with E-state index in [0.29, 0.717) is 0 Å². The average molecular weight is 192 g/mol. The number of quaternary nitrogens is 1. The maximum Gasteiger partial charge on any atom is 0.0921 e. The molecule has 0 aromatic rings. The molecule has 0 aromatic heterocycles. The van der Waals surface area contributed by atoms with Crippen LogP contribution in [0.2, 0.25) is 0 Å². The average Bonchev–Trinajstić information content (AvgIpc) is 2.74. The van der Waals surface area contributed by atoms with E-state index in [-0.39, 0.29) is 0 Å². The summed E-state index contributed by atoms with van der Waals surface area (Å²) in [6.07, 6.45) is 9.37. The lowest BCUT2D eigenvalue weighted by Gasteiger charge is -2.40. The van der Waals surface area contributed by atoms with Crippen LogP contribution in [0.25, 0.3) is 0 Å². The summed E-state index contributed by atoms with van der Waals surface area (Å²) in [4.78, 5) is 0. The van der Waals surface area contributed by atoms with Gasteiger partial charge in [-0.05, 0) is 30.6 Å². The molecule has 0 saturated heterocycles. The topological polar surface area (TPSA) is 0 Å². The molecule has 3 aliphatic carbocycles. The van der Waals surface area contributed by atoms with Crippen LogP contribution in [0.3, 0.4) is 0 Å². The van der Waals surface area contributed by atoms with E-state index in [1.807, 2.05) is 0 Å². The van der Waals surface area contributed by atoms with Crippen molar-refractivity contribution in [2.45, 2.75) is 25.3 Å². The Bertz CT molecular complexity index is 273. The highest BCUT2D eigenvalue weighted by Gasteiger charge is 2.56. The number of hydrogen-bond donors (Lipinski definition) is 0. The number of allylic oxidation sites excluding steroid dienone is 2. The standard InChI is InChI=1S/C13H22N/c1-14(2,3)13-8-9-7-12(13)11-6-4-5-10(9)11/h4,6,9-13H,5,7-8H2,1-3H3/q+1. The van der Waals surface area contributed by atoms with Crippen molar-refractivity contribution >= 4 is 0 Å². The molecule has 0 radical (unpaired) electrons. The van der Waals surface area contributed by atoms with Crippen LogP contribution in [-0.4, -0.2) is 31.7 Å². The number of rotatable bonds is 1. The monoisotopic (exact) mass is 192 g/mol. The summed E-state index contributed by atoms with van der Waals surface area (Å²) in [5, 5.41) is 0. The van der Waals surface area contributed by atoms with Gasteiger partial charge in [-0.3, -0.25) is 0 Å². The van der Waals surface area contributed by atoms with Gasteiger partial charge in [-0.1, -0.05) is 12.2 Å². The van der Waals surface area contributed by atoms with Crippen molar-refractivity contribution in [1.82, 2.24) is 0 Å². The molecule has 3 aliphatic rings. The zero-order valence-electron chi connectivity index (χ0n) is 9.61. The first-order valence-corrected chi connectivity index (χ1v) is 6.05. The van der Waals surface area contributed by atoms with Gasteiger partial charge in [0.1, 0.15) is 0 Å². The third-order valence-electron chi connectivity index (χ3n) is 4.97. The van der Waals surface area contributed by atoms with Gasteiger partial charge in [-0.2, -0.15) is 0 Å². The van der Waals surface area contributed by atoms with Gasteiger partial charge in [-0.15, -0.1) is 0 Å². The molecule has 1 nitrogen and oxygen atoms in total. The smallest absolute Gasteiger partial charge is 0.0921 e. The second kappa shape index (κ2) is 2.63. The summed E-state index contributed by atoms with van der Waals surface area (Å²) >= 11 is 0. The highest BCUT2D eigenvalue weighted by Crippen LogP contribution is 2.58. The van der Waals surface area contributed by atoms with Gasteiger partial charge in [0.2, 0.25) is 0 Å². The Hall–Kier alpha value is -0.300. The normalized spacial score (nSPS) is 50.1. The maximum absolute atomic E-state index is 2.52. The minimum atomic E-state index is 0.934. The Morgan fingerprint density at radius 2 is 1.86 bits per heavy atom. The Morgan fingerprint density at radius 3 is 2.57 bits per heavy atom. The highest BCUT2D eigenvalue weighted by molar-refractivity contribution is 5.14.